The summed E-state index contributed by atoms with van der Waals surface area (Å²) in [6.45, 7) is 3.28. The molecule has 0 saturated heterocycles. The Bertz CT molecular complexity index is 154. The Hall–Kier alpha value is 0.270. The van der Waals surface area contributed by atoms with Crippen LogP contribution in [0.5, 0.6) is 0 Å². The Labute approximate surface area is 92.2 Å². The van der Waals surface area contributed by atoms with Crippen LogP contribution in [0.15, 0.2) is 0 Å². The van der Waals surface area contributed by atoms with Gasteiger partial charge in [-0.3, -0.25) is 0 Å². The molecule has 1 fully saturated rings. The zero-order valence-electron chi connectivity index (χ0n) is 9.58. The molecule has 2 nitrogen and oxygen atoms in total. The first-order valence-electron chi connectivity index (χ1n) is 5.57. The average molecular weight is 217 g/mol. The van der Waals surface area contributed by atoms with E-state index in [2.05, 4.69) is 31.1 Å². The molecule has 0 aromatic heterocycles. The van der Waals surface area contributed by atoms with Gasteiger partial charge in [-0.1, -0.05) is 6.92 Å². The van der Waals surface area contributed by atoms with Gasteiger partial charge in [-0.05, 0) is 38.0 Å². The molecule has 0 aliphatic heterocycles. The summed E-state index contributed by atoms with van der Waals surface area (Å²) in [5.41, 5.74) is 0. The molecule has 3 atom stereocenters. The van der Waals surface area contributed by atoms with Gasteiger partial charge in [-0.2, -0.15) is 11.8 Å². The van der Waals surface area contributed by atoms with Gasteiger partial charge in [0.25, 0.3) is 0 Å². The first-order chi connectivity index (χ1) is 6.79. The summed E-state index contributed by atoms with van der Waals surface area (Å²) in [7, 11) is 3.86. The highest BCUT2D eigenvalue weighted by Crippen LogP contribution is 2.35. The number of thioether (sulfide) groups is 1. The van der Waals surface area contributed by atoms with Crippen molar-refractivity contribution in [1.82, 2.24) is 5.32 Å². The van der Waals surface area contributed by atoms with Crippen molar-refractivity contribution in [3.8, 4) is 0 Å². The molecule has 1 aliphatic carbocycles. The molecule has 0 amide bonds. The van der Waals surface area contributed by atoms with Crippen LogP contribution in [0.2, 0.25) is 0 Å². The highest BCUT2D eigenvalue weighted by Gasteiger charge is 2.31. The fraction of sp³-hybridized carbons (Fsp3) is 1.00. The third kappa shape index (κ3) is 3.44. The van der Waals surface area contributed by atoms with Crippen molar-refractivity contribution in [3.63, 3.8) is 0 Å². The third-order valence-electron chi connectivity index (χ3n) is 3.18. The lowest BCUT2D eigenvalue weighted by Crippen LogP contribution is -2.30. The smallest absolute Gasteiger partial charge is 0.0470 e. The van der Waals surface area contributed by atoms with Gasteiger partial charge in [0.05, 0.1) is 0 Å². The Kier molecular flexibility index (Phi) is 5.90. The van der Waals surface area contributed by atoms with Crippen molar-refractivity contribution < 1.29 is 4.74 Å². The number of methoxy groups -OCH3 is 1. The van der Waals surface area contributed by atoms with E-state index in [1.165, 1.54) is 25.0 Å². The van der Waals surface area contributed by atoms with Crippen molar-refractivity contribution in [2.45, 2.75) is 37.5 Å². The van der Waals surface area contributed by atoms with Crippen LogP contribution in [0.1, 0.15) is 26.2 Å². The molecule has 0 aromatic rings. The van der Waals surface area contributed by atoms with Crippen molar-refractivity contribution in [3.05, 3.63) is 0 Å². The largest absolute Gasteiger partial charge is 0.385 e. The molecule has 1 saturated carbocycles. The highest BCUT2D eigenvalue weighted by atomic mass is 32.2. The molecule has 3 unspecified atom stereocenters. The first kappa shape index (κ1) is 12.3. The van der Waals surface area contributed by atoms with E-state index in [4.69, 9.17) is 4.74 Å². The Morgan fingerprint density at radius 1 is 1.43 bits per heavy atom. The van der Waals surface area contributed by atoms with E-state index in [9.17, 15) is 0 Å². The Morgan fingerprint density at radius 2 is 2.21 bits per heavy atom. The van der Waals surface area contributed by atoms with Gasteiger partial charge in [0.15, 0.2) is 0 Å². The predicted octanol–water partition coefficient (Wildman–Crippen LogP) is 2.14. The van der Waals surface area contributed by atoms with E-state index in [1.807, 2.05) is 0 Å². The maximum atomic E-state index is 5.05. The van der Waals surface area contributed by atoms with Crippen molar-refractivity contribution in [1.29, 1.82) is 0 Å². The fourth-order valence-electron chi connectivity index (χ4n) is 2.21. The quantitative estimate of drug-likeness (QED) is 0.689. The van der Waals surface area contributed by atoms with E-state index >= 15 is 0 Å². The van der Waals surface area contributed by atoms with Gasteiger partial charge >= 0.3 is 0 Å². The van der Waals surface area contributed by atoms with Crippen LogP contribution >= 0.6 is 11.8 Å². The predicted molar refractivity (Wildman–Crippen MR) is 64.0 cm³/mol. The lowest BCUT2D eigenvalue weighted by molar-refractivity contribution is 0.200. The fourth-order valence-corrected chi connectivity index (χ4v) is 3.59. The molecule has 84 valence electrons. The van der Waals surface area contributed by atoms with Gasteiger partial charge in [0.2, 0.25) is 0 Å². The summed E-state index contributed by atoms with van der Waals surface area (Å²) < 4.78 is 5.05. The van der Waals surface area contributed by atoms with Gasteiger partial charge in [-0.25, -0.2) is 0 Å². The minimum absolute atomic E-state index is 0.745. The maximum Gasteiger partial charge on any atom is 0.0470 e. The highest BCUT2D eigenvalue weighted by molar-refractivity contribution is 7.99. The molecule has 0 heterocycles. The Balaban J connectivity index is 2.13. The molecule has 1 aliphatic rings. The SMILES string of the molecule is CNC1CCC(SCCCOC)C1C. The van der Waals surface area contributed by atoms with Crippen molar-refractivity contribution >= 4 is 11.8 Å². The van der Waals surface area contributed by atoms with E-state index in [0.717, 1.165) is 23.8 Å². The number of nitrogens with one attached hydrogen (secondary N) is 1. The maximum absolute atomic E-state index is 5.05. The van der Waals surface area contributed by atoms with Crippen LogP contribution in [0, 0.1) is 5.92 Å². The molecule has 14 heavy (non-hydrogen) atoms. The van der Waals surface area contributed by atoms with Crippen LogP contribution < -0.4 is 5.32 Å². The number of hydrogen-bond acceptors (Lipinski definition) is 3. The monoisotopic (exact) mass is 217 g/mol. The normalized spacial score (nSPS) is 32.4. The average Bonchev–Trinajstić information content (AvgIpc) is 2.55. The number of ether oxygens (including phenoxy) is 1. The minimum atomic E-state index is 0.745. The molecule has 3 heteroatoms. The topological polar surface area (TPSA) is 21.3 Å². The third-order valence-corrected chi connectivity index (χ3v) is 4.80. The van der Waals surface area contributed by atoms with Crippen LogP contribution in [-0.2, 0) is 4.74 Å². The summed E-state index contributed by atoms with van der Waals surface area (Å²) in [6.07, 6.45) is 3.92. The minimum Gasteiger partial charge on any atom is -0.385 e. The van der Waals surface area contributed by atoms with Gasteiger partial charge in [0.1, 0.15) is 0 Å². The summed E-state index contributed by atoms with van der Waals surface area (Å²) in [4.78, 5) is 0. The molecular weight excluding hydrogens is 194 g/mol. The number of rotatable bonds is 6. The van der Waals surface area contributed by atoms with Crippen LogP contribution in [0.25, 0.3) is 0 Å². The van der Waals surface area contributed by atoms with E-state index < -0.39 is 0 Å². The molecular formula is C11H23NOS. The van der Waals surface area contributed by atoms with Crippen LogP contribution in [-0.4, -0.2) is 37.8 Å². The van der Waals surface area contributed by atoms with E-state index in [-0.39, 0.29) is 0 Å². The number of hydrogen-bond donors (Lipinski definition) is 1. The molecule has 0 spiro atoms. The molecule has 1 N–H and O–H groups in total. The molecule has 0 bridgehead atoms. The van der Waals surface area contributed by atoms with Crippen molar-refractivity contribution in [2.75, 3.05) is 26.5 Å². The van der Waals surface area contributed by atoms with Gasteiger partial charge in [0, 0.05) is 25.0 Å². The Morgan fingerprint density at radius 3 is 2.79 bits per heavy atom. The molecule has 0 radical (unpaired) electrons. The van der Waals surface area contributed by atoms with Crippen LogP contribution in [0.3, 0.4) is 0 Å². The molecule has 0 aromatic carbocycles. The summed E-state index contributed by atoms with van der Waals surface area (Å²) >= 11 is 2.13. The standard InChI is InChI=1S/C11H23NOS/c1-9-10(12-2)5-6-11(9)14-8-4-7-13-3/h9-12H,4-8H2,1-3H3. The zero-order valence-corrected chi connectivity index (χ0v) is 10.4. The molecule has 1 rings (SSSR count). The van der Waals surface area contributed by atoms with Crippen LogP contribution in [0.4, 0.5) is 0 Å². The second-order valence-corrected chi connectivity index (χ2v) is 5.43. The van der Waals surface area contributed by atoms with Gasteiger partial charge < -0.3 is 10.1 Å². The first-order valence-corrected chi connectivity index (χ1v) is 6.62. The lowest BCUT2D eigenvalue weighted by Gasteiger charge is -2.19. The second kappa shape index (κ2) is 6.70. The lowest BCUT2D eigenvalue weighted by atomic mass is 10.1. The van der Waals surface area contributed by atoms with E-state index in [1.54, 1.807) is 7.11 Å². The summed E-state index contributed by atoms with van der Waals surface area (Å²) in [5.74, 6) is 2.08. The van der Waals surface area contributed by atoms with Crippen molar-refractivity contribution in [2.24, 2.45) is 5.92 Å². The summed E-state index contributed by atoms with van der Waals surface area (Å²) in [5, 5.41) is 4.27. The van der Waals surface area contributed by atoms with E-state index in [0.29, 0.717) is 0 Å². The van der Waals surface area contributed by atoms with Gasteiger partial charge in [-0.15, -0.1) is 0 Å². The zero-order chi connectivity index (χ0) is 10.4. The second-order valence-electron chi connectivity index (χ2n) is 4.09. The summed E-state index contributed by atoms with van der Waals surface area (Å²) in [6, 6.07) is 0.745.